The van der Waals surface area contributed by atoms with Gasteiger partial charge >= 0.3 is 0 Å². The monoisotopic (exact) mass is 290 g/mol. The van der Waals surface area contributed by atoms with Crippen molar-refractivity contribution in [3.05, 3.63) is 29.8 Å². The largest absolute Gasteiger partial charge is 0.491 e. The van der Waals surface area contributed by atoms with Gasteiger partial charge < -0.3 is 15.0 Å². The fourth-order valence-corrected chi connectivity index (χ4v) is 2.58. The molecule has 0 saturated carbocycles. The zero-order valence-electron chi connectivity index (χ0n) is 13.3. The maximum atomic E-state index is 12.3. The molecule has 1 N–H and O–H groups in total. The lowest BCUT2D eigenvalue weighted by Gasteiger charge is -2.22. The van der Waals surface area contributed by atoms with Crippen LogP contribution in [0.15, 0.2) is 24.3 Å². The number of nitrogens with zero attached hydrogens (tertiary/aromatic N) is 1. The van der Waals surface area contributed by atoms with Crippen molar-refractivity contribution in [3.63, 3.8) is 0 Å². The molecule has 1 amide bonds. The van der Waals surface area contributed by atoms with E-state index < -0.39 is 0 Å². The van der Waals surface area contributed by atoms with Crippen LogP contribution in [0, 0.1) is 0 Å². The third-order valence-electron chi connectivity index (χ3n) is 3.72. The summed E-state index contributed by atoms with van der Waals surface area (Å²) in [5.74, 6) is 1.09. The lowest BCUT2D eigenvalue weighted by molar-refractivity contribution is -0.131. The Hall–Kier alpha value is -1.55. The van der Waals surface area contributed by atoms with Gasteiger partial charge in [-0.3, -0.25) is 4.79 Å². The third kappa shape index (κ3) is 4.46. The molecule has 4 heteroatoms. The second-order valence-electron chi connectivity index (χ2n) is 5.91. The van der Waals surface area contributed by atoms with Gasteiger partial charge in [0.25, 0.3) is 0 Å². The van der Waals surface area contributed by atoms with Crippen LogP contribution in [0.5, 0.6) is 5.75 Å². The van der Waals surface area contributed by atoms with Crippen molar-refractivity contribution in [2.45, 2.75) is 52.3 Å². The standard InChI is InChI=1S/C17H26N2O2/c1-13(2)21-16-9-5-4-8-15(16)12-18-14(3)17(20)19-10-6-7-11-19/h4-5,8-9,13-14,18H,6-7,10-12H2,1-3H3. The van der Waals surface area contributed by atoms with Gasteiger partial charge in [-0.05, 0) is 39.7 Å². The van der Waals surface area contributed by atoms with E-state index in [1.807, 2.05) is 49.9 Å². The van der Waals surface area contributed by atoms with Gasteiger partial charge in [0, 0.05) is 25.2 Å². The number of para-hydroxylation sites is 1. The molecule has 1 saturated heterocycles. The molecular weight excluding hydrogens is 264 g/mol. The highest BCUT2D eigenvalue weighted by Crippen LogP contribution is 2.19. The van der Waals surface area contributed by atoms with Gasteiger partial charge in [0.15, 0.2) is 0 Å². The fourth-order valence-electron chi connectivity index (χ4n) is 2.58. The van der Waals surface area contributed by atoms with Gasteiger partial charge in [0.2, 0.25) is 5.91 Å². The van der Waals surface area contributed by atoms with E-state index in [0.717, 1.165) is 37.2 Å². The second-order valence-corrected chi connectivity index (χ2v) is 5.91. The van der Waals surface area contributed by atoms with E-state index in [2.05, 4.69) is 5.32 Å². The summed E-state index contributed by atoms with van der Waals surface area (Å²) in [6.45, 7) is 8.42. The molecule has 0 spiro atoms. The van der Waals surface area contributed by atoms with Crippen LogP contribution in [0.25, 0.3) is 0 Å². The molecule has 1 atom stereocenters. The Labute approximate surface area is 127 Å². The Bertz CT molecular complexity index is 468. The Balaban J connectivity index is 1.91. The molecular formula is C17H26N2O2. The number of rotatable bonds is 6. The highest BCUT2D eigenvalue weighted by atomic mass is 16.5. The minimum atomic E-state index is -0.157. The molecule has 116 valence electrons. The summed E-state index contributed by atoms with van der Waals surface area (Å²) in [5.41, 5.74) is 1.09. The highest BCUT2D eigenvalue weighted by Gasteiger charge is 2.22. The molecule has 1 aliphatic rings. The number of carbonyl (C=O) groups excluding carboxylic acids is 1. The van der Waals surface area contributed by atoms with Gasteiger partial charge in [-0.1, -0.05) is 18.2 Å². The fraction of sp³-hybridized carbons (Fsp3) is 0.588. The maximum absolute atomic E-state index is 12.3. The zero-order chi connectivity index (χ0) is 15.2. The predicted octanol–water partition coefficient (Wildman–Crippen LogP) is 2.57. The molecule has 0 radical (unpaired) electrons. The zero-order valence-corrected chi connectivity index (χ0v) is 13.3. The number of hydrogen-bond acceptors (Lipinski definition) is 3. The molecule has 1 heterocycles. The minimum absolute atomic E-state index is 0.148. The Morgan fingerprint density at radius 2 is 1.90 bits per heavy atom. The van der Waals surface area contributed by atoms with Crippen LogP contribution in [0.4, 0.5) is 0 Å². The summed E-state index contributed by atoms with van der Waals surface area (Å²) in [6.07, 6.45) is 2.40. The summed E-state index contributed by atoms with van der Waals surface area (Å²) in [5, 5.41) is 3.32. The average Bonchev–Trinajstić information content (AvgIpc) is 2.98. The number of benzene rings is 1. The topological polar surface area (TPSA) is 41.6 Å². The molecule has 1 unspecified atom stereocenters. The quantitative estimate of drug-likeness (QED) is 0.875. The Morgan fingerprint density at radius 1 is 1.24 bits per heavy atom. The minimum Gasteiger partial charge on any atom is -0.491 e. The molecule has 1 aromatic carbocycles. The Morgan fingerprint density at radius 3 is 2.57 bits per heavy atom. The van der Waals surface area contributed by atoms with Crippen LogP contribution >= 0.6 is 0 Å². The summed E-state index contributed by atoms with van der Waals surface area (Å²) < 4.78 is 5.80. The lowest BCUT2D eigenvalue weighted by atomic mass is 10.2. The van der Waals surface area contributed by atoms with E-state index in [0.29, 0.717) is 6.54 Å². The highest BCUT2D eigenvalue weighted by molar-refractivity contribution is 5.81. The van der Waals surface area contributed by atoms with Crippen LogP contribution in [0.2, 0.25) is 0 Å². The van der Waals surface area contributed by atoms with Crippen LogP contribution in [0.1, 0.15) is 39.2 Å². The first-order valence-electron chi connectivity index (χ1n) is 7.84. The van der Waals surface area contributed by atoms with Crippen molar-refractivity contribution >= 4 is 5.91 Å². The van der Waals surface area contributed by atoms with E-state index >= 15 is 0 Å². The van der Waals surface area contributed by atoms with E-state index in [1.165, 1.54) is 0 Å². The van der Waals surface area contributed by atoms with E-state index in [1.54, 1.807) is 0 Å². The average molecular weight is 290 g/mol. The van der Waals surface area contributed by atoms with Crippen molar-refractivity contribution in [1.82, 2.24) is 10.2 Å². The summed E-state index contributed by atoms with van der Waals surface area (Å²) in [4.78, 5) is 14.2. The first-order valence-corrected chi connectivity index (χ1v) is 7.84. The van der Waals surface area contributed by atoms with E-state index in [9.17, 15) is 4.79 Å². The first kappa shape index (κ1) is 15.8. The molecule has 0 bridgehead atoms. The van der Waals surface area contributed by atoms with Gasteiger partial charge in [-0.2, -0.15) is 0 Å². The molecule has 1 aliphatic heterocycles. The number of amides is 1. The summed E-state index contributed by atoms with van der Waals surface area (Å²) >= 11 is 0. The second kappa shape index (κ2) is 7.46. The number of likely N-dealkylation sites (tertiary alicyclic amines) is 1. The maximum Gasteiger partial charge on any atom is 0.239 e. The molecule has 21 heavy (non-hydrogen) atoms. The SMILES string of the molecule is CC(C)Oc1ccccc1CNC(C)C(=O)N1CCCC1. The van der Waals surface area contributed by atoms with Crippen LogP contribution < -0.4 is 10.1 Å². The van der Waals surface area contributed by atoms with Crippen molar-refractivity contribution in [2.75, 3.05) is 13.1 Å². The van der Waals surface area contributed by atoms with Crippen molar-refractivity contribution in [2.24, 2.45) is 0 Å². The normalized spacial score (nSPS) is 16.3. The van der Waals surface area contributed by atoms with Crippen LogP contribution in [-0.2, 0) is 11.3 Å². The van der Waals surface area contributed by atoms with Crippen molar-refractivity contribution < 1.29 is 9.53 Å². The predicted molar refractivity (Wildman–Crippen MR) is 84.3 cm³/mol. The van der Waals surface area contributed by atoms with Crippen molar-refractivity contribution in [3.8, 4) is 5.75 Å². The number of ether oxygens (including phenoxy) is 1. The van der Waals surface area contributed by atoms with E-state index in [-0.39, 0.29) is 18.1 Å². The van der Waals surface area contributed by atoms with Gasteiger partial charge in [0.1, 0.15) is 5.75 Å². The van der Waals surface area contributed by atoms with Gasteiger partial charge in [-0.25, -0.2) is 0 Å². The van der Waals surface area contributed by atoms with Crippen LogP contribution in [-0.4, -0.2) is 36.0 Å². The molecule has 1 aromatic rings. The summed E-state index contributed by atoms with van der Waals surface area (Å²) in [7, 11) is 0. The van der Waals surface area contributed by atoms with Crippen molar-refractivity contribution in [1.29, 1.82) is 0 Å². The molecule has 0 aliphatic carbocycles. The summed E-state index contributed by atoms with van der Waals surface area (Å²) in [6, 6.07) is 7.83. The molecule has 2 rings (SSSR count). The van der Waals surface area contributed by atoms with Gasteiger partial charge in [-0.15, -0.1) is 0 Å². The first-order chi connectivity index (χ1) is 10.1. The van der Waals surface area contributed by atoms with Crippen LogP contribution in [0.3, 0.4) is 0 Å². The number of carbonyl (C=O) groups is 1. The lowest BCUT2D eigenvalue weighted by Crippen LogP contribution is -2.43. The molecule has 1 fully saturated rings. The Kier molecular flexibility index (Phi) is 5.62. The smallest absolute Gasteiger partial charge is 0.239 e. The number of hydrogen-bond donors (Lipinski definition) is 1. The third-order valence-corrected chi connectivity index (χ3v) is 3.72. The number of nitrogens with one attached hydrogen (secondary N) is 1. The molecule has 0 aromatic heterocycles. The van der Waals surface area contributed by atoms with E-state index in [4.69, 9.17) is 4.74 Å². The molecule has 4 nitrogen and oxygen atoms in total. The van der Waals surface area contributed by atoms with Gasteiger partial charge in [0.05, 0.1) is 12.1 Å².